The minimum Gasteiger partial charge on any atom is -0.321 e. The van der Waals surface area contributed by atoms with E-state index in [1.165, 1.54) is 18.3 Å². The molecule has 0 bridgehead atoms. The molecule has 0 aliphatic carbocycles. The molecule has 2 heterocycles. The molecule has 2 aromatic heterocycles. The molecule has 2 rings (SSSR count). The molecule has 0 amide bonds. The molecule has 2 aromatic rings. The Morgan fingerprint density at radius 3 is 2.37 bits per heavy atom. The third-order valence-electron chi connectivity index (χ3n) is 2.71. The van der Waals surface area contributed by atoms with Gasteiger partial charge in [0.05, 0.1) is 16.7 Å². The summed E-state index contributed by atoms with van der Waals surface area (Å²) in [6, 6.07) is 6.54. The Morgan fingerprint density at radius 1 is 1.11 bits per heavy atom. The lowest BCUT2D eigenvalue weighted by atomic mass is 10.1. The fourth-order valence-electron chi connectivity index (χ4n) is 1.80. The third kappa shape index (κ3) is 3.47. The highest BCUT2D eigenvalue weighted by molar-refractivity contribution is 7.60. The van der Waals surface area contributed by atoms with Crippen LogP contribution in [0.4, 0.5) is 0 Å². The van der Waals surface area contributed by atoms with Gasteiger partial charge in [0.2, 0.25) is 0 Å². The van der Waals surface area contributed by atoms with E-state index in [9.17, 15) is 4.57 Å². The summed E-state index contributed by atoms with van der Waals surface area (Å²) in [7, 11) is -4.26. The van der Waals surface area contributed by atoms with Crippen molar-refractivity contribution >= 4 is 12.9 Å². The molecular formula is C13H15N2O3P. The van der Waals surface area contributed by atoms with Crippen molar-refractivity contribution in [2.75, 3.05) is 0 Å². The molecule has 0 aliphatic rings. The average molecular weight is 278 g/mol. The van der Waals surface area contributed by atoms with Gasteiger partial charge in [-0.15, -0.1) is 0 Å². The quantitative estimate of drug-likeness (QED) is 0.834. The zero-order valence-electron chi connectivity index (χ0n) is 10.5. The Morgan fingerprint density at radius 2 is 1.74 bits per heavy atom. The van der Waals surface area contributed by atoms with E-state index in [1.54, 1.807) is 6.20 Å². The van der Waals surface area contributed by atoms with Crippen LogP contribution < -0.4 is 5.30 Å². The maximum Gasteiger partial charge on any atom is 0.356 e. The minimum absolute atomic E-state index is 0.0415. The summed E-state index contributed by atoms with van der Waals surface area (Å²) in [4.78, 5) is 26.6. The minimum atomic E-state index is -4.26. The Bertz CT molecular complexity index is 625. The van der Waals surface area contributed by atoms with Gasteiger partial charge in [0, 0.05) is 12.4 Å². The molecule has 2 N–H and O–H groups in total. The van der Waals surface area contributed by atoms with Gasteiger partial charge in [0.15, 0.2) is 0 Å². The van der Waals surface area contributed by atoms with E-state index in [0.717, 1.165) is 18.4 Å². The summed E-state index contributed by atoms with van der Waals surface area (Å²) in [5.41, 5.74) is 2.23. The molecule has 6 heteroatoms. The summed E-state index contributed by atoms with van der Waals surface area (Å²) in [6.45, 7) is 2.09. The first-order valence-corrected chi connectivity index (χ1v) is 7.59. The summed E-state index contributed by atoms with van der Waals surface area (Å²) in [5, 5.41) is -0.0415. The highest BCUT2D eigenvalue weighted by Crippen LogP contribution is 2.33. The summed E-state index contributed by atoms with van der Waals surface area (Å²) in [6.07, 6.45) is 5.04. The van der Waals surface area contributed by atoms with Crippen LogP contribution in [-0.4, -0.2) is 19.8 Å². The Hall–Kier alpha value is -1.55. The van der Waals surface area contributed by atoms with Crippen molar-refractivity contribution < 1.29 is 14.4 Å². The Labute approximate surface area is 111 Å². The van der Waals surface area contributed by atoms with Crippen LogP contribution in [0.25, 0.3) is 11.4 Å². The maximum absolute atomic E-state index is 11.2. The SMILES string of the molecule is CCCc1ccnc(-c2cc(P(=O)(O)O)ccn2)c1. The lowest BCUT2D eigenvalue weighted by Crippen LogP contribution is -2.05. The molecule has 19 heavy (non-hydrogen) atoms. The van der Waals surface area contributed by atoms with Gasteiger partial charge in [0.1, 0.15) is 0 Å². The summed E-state index contributed by atoms with van der Waals surface area (Å²) >= 11 is 0. The number of aromatic nitrogens is 2. The van der Waals surface area contributed by atoms with E-state index in [-0.39, 0.29) is 5.30 Å². The standard InChI is InChI=1S/C13H15N2O3P/c1-2-3-10-4-6-14-12(8-10)13-9-11(5-7-15-13)19(16,17)18/h4-9H,2-3H2,1H3,(H2,16,17,18). The van der Waals surface area contributed by atoms with Crippen molar-refractivity contribution in [1.29, 1.82) is 0 Å². The molecular weight excluding hydrogens is 263 g/mol. The highest BCUT2D eigenvalue weighted by atomic mass is 31.2. The topological polar surface area (TPSA) is 83.3 Å². The largest absolute Gasteiger partial charge is 0.356 e. The molecule has 0 saturated heterocycles. The highest BCUT2D eigenvalue weighted by Gasteiger charge is 2.18. The van der Waals surface area contributed by atoms with Crippen LogP contribution in [0.3, 0.4) is 0 Å². The molecule has 0 atom stereocenters. The van der Waals surface area contributed by atoms with E-state index in [1.807, 2.05) is 12.1 Å². The molecule has 5 nitrogen and oxygen atoms in total. The second-order valence-corrected chi connectivity index (χ2v) is 5.85. The van der Waals surface area contributed by atoms with Gasteiger partial charge in [-0.25, -0.2) is 0 Å². The van der Waals surface area contributed by atoms with E-state index in [2.05, 4.69) is 16.9 Å². The third-order valence-corrected chi connectivity index (χ3v) is 3.66. The maximum atomic E-state index is 11.2. The zero-order valence-corrected chi connectivity index (χ0v) is 11.4. The Kier molecular flexibility index (Phi) is 4.10. The van der Waals surface area contributed by atoms with Crippen LogP contribution in [0.15, 0.2) is 36.7 Å². The van der Waals surface area contributed by atoms with Crippen LogP contribution in [0.2, 0.25) is 0 Å². The fourth-order valence-corrected chi connectivity index (χ4v) is 2.35. The number of pyridine rings is 2. The number of aryl methyl sites for hydroxylation is 1. The number of hydrogen-bond acceptors (Lipinski definition) is 3. The zero-order chi connectivity index (χ0) is 13.9. The lowest BCUT2D eigenvalue weighted by molar-refractivity contribution is 0.387. The molecule has 0 radical (unpaired) electrons. The molecule has 0 aliphatic heterocycles. The number of nitrogens with zero attached hydrogens (tertiary/aromatic N) is 2. The fraction of sp³-hybridized carbons (Fsp3) is 0.231. The van der Waals surface area contributed by atoms with Gasteiger partial charge in [0.25, 0.3) is 0 Å². The number of hydrogen-bond donors (Lipinski definition) is 2. The van der Waals surface area contributed by atoms with Crippen molar-refractivity contribution in [2.24, 2.45) is 0 Å². The first-order chi connectivity index (χ1) is 9.00. The van der Waals surface area contributed by atoms with E-state index >= 15 is 0 Å². The first kappa shape index (κ1) is 13.9. The van der Waals surface area contributed by atoms with Crippen LogP contribution >= 0.6 is 7.60 Å². The van der Waals surface area contributed by atoms with Gasteiger partial charge < -0.3 is 9.79 Å². The molecule has 0 aromatic carbocycles. The van der Waals surface area contributed by atoms with Gasteiger partial charge in [-0.05, 0) is 36.2 Å². The lowest BCUT2D eigenvalue weighted by Gasteiger charge is -2.06. The predicted molar refractivity (Wildman–Crippen MR) is 73.1 cm³/mol. The van der Waals surface area contributed by atoms with Gasteiger partial charge in [-0.1, -0.05) is 13.3 Å². The van der Waals surface area contributed by atoms with Crippen molar-refractivity contribution in [2.45, 2.75) is 19.8 Å². The van der Waals surface area contributed by atoms with E-state index in [0.29, 0.717) is 11.4 Å². The number of rotatable bonds is 4. The molecule has 0 saturated carbocycles. The van der Waals surface area contributed by atoms with Crippen molar-refractivity contribution in [3.63, 3.8) is 0 Å². The average Bonchev–Trinajstić information content (AvgIpc) is 2.39. The predicted octanol–water partition coefficient (Wildman–Crippen LogP) is 1.90. The van der Waals surface area contributed by atoms with Crippen molar-refractivity contribution in [3.8, 4) is 11.4 Å². The smallest absolute Gasteiger partial charge is 0.321 e. The van der Waals surface area contributed by atoms with Gasteiger partial charge >= 0.3 is 7.60 Å². The molecule has 0 unspecified atom stereocenters. The van der Waals surface area contributed by atoms with Crippen LogP contribution in [-0.2, 0) is 11.0 Å². The van der Waals surface area contributed by atoms with E-state index < -0.39 is 7.60 Å². The molecule has 0 spiro atoms. The van der Waals surface area contributed by atoms with Crippen LogP contribution in [0.5, 0.6) is 0 Å². The second-order valence-electron chi connectivity index (χ2n) is 4.24. The first-order valence-electron chi connectivity index (χ1n) is 5.98. The Balaban J connectivity index is 2.42. The second kappa shape index (κ2) is 5.61. The van der Waals surface area contributed by atoms with Crippen LogP contribution in [0.1, 0.15) is 18.9 Å². The molecule has 100 valence electrons. The summed E-state index contributed by atoms with van der Waals surface area (Å²) in [5.74, 6) is 0. The van der Waals surface area contributed by atoms with E-state index in [4.69, 9.17) is 9.79 Å². The van der Waals surface area contributed by atoms with Crippen molar-refractivity contribution in [1.82, 2.24) is 9.97 Å². The normalized spacial score (nSPS) is 11.5. The molecule has 0 fully saturated rings. The monoisotopic (exact) mass is 278 g/mol. The van der Waals surface area contributed by atoms with Crippen LogP contribution in [0, 0.1) is 0 Å². The van der Waals surface area contributed by atoms with Gasteiger partial charge in [-0.3, -0.25) is 14.5 Å². The van der Waals surface area contributed by atoms with Crippen molar-refractivity contribution in [3.05, 3.63) is 42.2 Å². The summed E-state index contributed by atoms with van der Waals surface area (Å²) < 4.78 is 11.2. The van der Waals surface area contributed by atoms with Gasteiger partial charge in [-0.2, -0.15) is 0 Å².